The lowest BCUT2D eigenvalue weighted by atomic mass is 10.0. The molecule has 2 N–H and O–H groups in total. The zero-order valence-electron chi connectivity index (χ0n) is 12.0. The van der Waals surface area contributed by atoms with Gasteiger partial charge in [0.1, 0.15) is 0 Å². The number of hydrogen-bond donors (Lipinski definition) is 2. The van der Waals surface area contributed by atoms with Crippen molar-refractivity contribution < 1.29 is 19.4 Å². The van der Waals surface area contributed by atoms with Crippen LogP contribution in [0.15, 0.2) is 0 Å². The van der Waals surface area contributed by atoms with Crippen LogP contribution in [0.25, 0.3) is 0 Å². The third kappa shape index (κ3) is 2.72. The summed E-state index contributed by atoms with van der Waals surface area (Å²) in [6, 6.07) is 0.827. The third-order valence-electron chi connectivity index (χ3n) is 3.77. The second-order valence-corrected chi connectivity index (χ2v) is 5.17. The molecule has 2 aliphatic rings. The van der Waals surface area contributed by atoms with Crippen LogP contribution in [0.5, 0.6) is 0 Å². The average molecular weight is 292 g/mol. The maximum Gasteiger partial charge on any atom is 0.417 e. The first-order valence-corrected chi connectivity index (χ1v) is 6.83. The van der Waals surface area contributed by atoms with Crippen molar-refractivity contribution in [1.82, 2.24) is 15.1 Å². The molecule has 2 fully saturated rings. The minimum Gasteiger partial charge on any atom is -0.352 e. The summed E-state index contributed by atoms with van der Waals surface area (Å²) in [4.78, 5) is 41.0. The fourth-order valence-corrected chi connectivity index (χ4v) is 2.48. The molecule has 2 unspecified atom stereocenters. The van der Waals surface area contributed by atoms with E-state index in [2.05, 4.69) is 10.3 Å². The zero-order chi connectivity index (χ0) is 15.6. The van der Waals surface area contributed by atoms with Crippen LogP contribution in [-0.2, 0) is 9.59 Å². The molecule has 0 bridgehead atoms. The molecule has 0 aromatic rings. The van der Waals surface area contributed by atoms with E-state index in [1.54, 1.807) is 0 Å². The highest BCUT2D eigenvalue weighted by Crippen LogP contribution is 2.13. The molecule has 0 aromatic carbocycles. The van der Waals surface area contributed by atoms with Gasteiger partial charge in [-0.2, -0.15) is 10.2 Å². The Hall–Kier alpha value is -2.43. The van der Waals surface area contributed by atoms with Gasteiger partial charge in [-0.1, -0.05) is 0 Å². The van der Waals surface area contributed by atoms with Crippen molar-refractivity contribution in [3.63, 3.8) is 0 Å². The molecule has 112 valence electrons. The van der Waals surface area contributed by atoms with Gasteiger partial charge in [0.2, 0.25) is 5.92 Å². The maximum absolute atomic E-state index is 12.0. The third-order valence-corrected chi connectivity index (χ3v) is 3.77. The summed E-state index contributed by atoms with van der Waals surface area (Å²) in [5.74, 6) is -1.69. The lowest BCUT2D eigenvalue weighted by molar-refractivity contribution is -0.495. The summed E-state index contributed by atoms with van der Waals surface area (Å²) >= 11 is 0. The fraction of sp³-hybridized carbons (Fsp3) is 0.615. The quantitative estimate of drug-likeness (QED) is 0.571. The molecule has 2 heterocycles. The predicted molar refractivity (Wildman–Crippen MR) is 71.7 cm³/mol. The van der Waals surface area contributed by atoms with Gasteiger partial charge >= 0.3 is 6.03 Å². The van der Waals surface area contributed by atoms with Crippen molar-refractivity contribution in [3.8, 4) is 6.07 Å². The van der Waals surface area contributed by atoms with Crippen LogP contribution in [0.3, 0.4) is 0 Å². The van der Waals surface area contributed by atoms with Crippen molar-refractivity contribution >= 4 is 23.7 Å². The van der Waals surface area contributed by atoms with Crippen molar-refractivity contribution in [2.75, 3.05) is 20.6 Å². The largest absolute Gasteiger partial charge is 0.417 e. The van der Waals surface area contributed by atoms with E-state index in [0.29, 0.717) is 13.0 Å². The number of carbonyl (C=O) groups excluding carboxylic acids is 3. The predicted octanol–water partition coefficient (Wildman–Crippen LogP) is -2.20. The smallest absolute Gasteiger partial charge is 0.352 e. The summed E-state index contributed by atoms with van der Waals surface area (Å²) in [7, 11) is 2.81. The Morgan fingerprint density at radius 1 is 1.24 bits per heavy atom. The first-order chi connectivity index (χ1) is 9.97. The van der Waals surface area contributed by atoms with Crippen LogP contribution in [0.4, 0.5) is 4.79 Å². The number of hydrogen-bond acceptors (Lipinski definition) is 4. The van der Waals surface area contributed by atoms with Gasteiger partial charge in [-0.25, -0.2) is 9.69 Å². The van der Waals surface area contributed by atoms with Crippen LogP contribution >= 0.6 is 0 Å². The van der Waals surface area contributed by atoms with Crippen molar-refractivity contribution in [2.24, 2.45) is 5.92 Å². The van der Waals surface area contributed by atoms with Crippen LogP contribution in [-0.4, -0.2) is 60.2 Å². The molecule has 2 atom stereocenters. The van der Waals surface area contributed by atoms with E-state index in [0.717, 1.165) is 17.7 Å². The Kier molecular flexibility index (Phi) is 4.21. The molecule has 0 saturated carbocycles. The SMILES string of the molecule is CN1C(=O)C(C#N)C(=[NH+]C2CCCCNC2=O)N(C)C1=O. The van der Waals surface area contributed by atoms with Crippen LogP contribution in [0.2, 0.25) is 0 Å². The minimum atomic E-state index is -1.10. The number of urea groups is 1. The van der Waals surface area contributed by atoms with E-state index in [4.69, 9.17) is 0 Å². The van der Waals surface area contributed by atoms with Gasteiger partial charge in [0.15, 0.2) is 6.04 Å². The highest BCUT2D eigenvalue weighted by Gasteiger charge is 2.47. The molecule has 8 heteroatoms. The van der Waals surface area contributed by atoms with Crippen molar-refractivity contribution in [1.29, 1.82) is 5.26 Å². The van der Waals surface area contributed by atoms with E-state index < -0.39 is 23.9 Å². The molecule has 21 heavy (non-hydrogen) atoms. The van der Waals surface area contributed by atoms with Crippen molar-refractivity contribution in [3.05, 3.63) is 0 Å². The highest BCUT2D eigenvalue weighted by atomic mass is 16.2. The number of imide groups is 1. The molecule has 0 aromatic heterocycles. The number of carbonyl (C=O) groups is 3. The standard InChI is InChI=1S/C13H17N5O3/c1-17-10(8(7-14)12(20)18(2)13(17)21)16-9-5-3-4-6-15-11(9)19/h8-9H,3-6H2,1-2H3,(H,15,19)/p+1. The summed E-state index contributed by atoms with van der Waals surface area (Å²) in [6.07, 6.45) is 2.34. The Morgan fingerprint density at radius 2 is 1.95 bits per heavy atom. The van der Waals surface area contributed by atoms with Gasteiger partial charge in [0.05, 0.1) is 13.1 Å². The Labute approximate surface area is 122 Å². The first kappa shape index (κ1) is 15.0. The van der Waals surface area contributed by atoms with Crippen LogP contribution < -0.4 is 10.3 Å². The summed E-state index contributed by atoms with van der Waals surface area (Å²) in [5.41, 5.74) is 0. The molecular formula is C13H18N5O3+. The van der Waals surface area contributed by atoms with Gasteiger partial charge in [0.25, 0.3) is 17.6 Å². The molecule has 8 nitrogen and oxygen atoms in total. The molecule has 0 spiro atoms. The normalized spacial score (nSPS) is 29.2. The molecule has 2 aliphatic heterocycles. The number of amides is 4. The Balaban J connectivity index is 2.36. The Morgan fingerprint density at radius 3 is 2.62 bits per heavy atom. The summed E-state index contributed by atoms with van der Waals surface area (Å²) in [5, 5.41) is 12.0. The van der Waals surface area contributed by atoms with Gasteiger partial charge in [-0.15, -0.1) is 0 Å². The molecule has 2 saturated heterocycles. The fourth-order valence-electron chi connectivity index (χ4n) is 2.48. The van der Waals surface area contributed by atoms with E-state index in [1.165, 1.54) is 19.0 Å². The van der Waals surface area contributed by atoms with Gasteiger partial charge in [0, 0.05) is 13.6 Å². The van der Waals surface area contributed by atoms with Gasteiger partial charge < -0.3 is 5.32 Å². The lowest BCUT2D eigenvalue weighted by Crippen LogP contribution is -2.87. The minimum absolute atomic E-state index is 0.174. The van der Waals surface area contributed by atoms with Gasteiger partial charge in [-0.3, -0.25) is 14.6 Å². The Bertz CT molecular complexity index is 551. The van der Waals surface area contributed by atoms with Crippen LogP contribution in [0, 0.1) is 17.2 Å². The summed E-state index contributed by atoms with van der Waals surface area (Å²) in [6.45, 7) is 0.616. The molecular weight excluding hydrogens is 274 g/mol. The lowest BCUT2D eigenvalue weighted by Gasteiger charge is -2.27. The van der Waals surface area contributed by atoms with E-state index in [1.807, 2.05) is 6.07 Å². The van der Waals surface area contributed by atoms with E-state index in [9.17, 15) is 19.6 Å². The van der Waals surface area contributed by atoms with Gasteiger partial charge in [-0.05, 0) is 19.3 Å². The second-order valence-electron chi connectivity index (χ2n) is 5.17. The average Bonchev–Trinajstić information content (AvgIpc) is 2.68. The molecule has 2 rings (SSSR count). The highest BCUT2D eigenvalue weighted by molar-refractivity contribution is 6.17. The van der Waals surface area contributed by atoms with E-state index >= 15 is 0 Å². The van der Waals surface area contributed by atoms with Crippen molar-refractivity contribution in [2.45, 2.75) is 25.3 Å². The zero-order valence-corrected chi connectivity index (χ0v) is 12.0. The first-order valence-electron chi connectivity index (χ1n) is 6.83. The van der Waals surface area contributed by atoms with Crippen LogP contribution in [0.1, 0.15) is 19.3 Å². The molecule has 0 radical (unpaired) electrons. The number of nitriles is 1. The number of amidine groups is 1. The molecule has 0 aliphatic carbocycles. The number of nitrogens with zero attached hydrogens (tertiary/aromatic N) is 3. The topological polar surface area (TPSA) is 107 Å². The molecule has 4 amide bonds. The second kappa shape index (κ2) is 5.91. The summed E-state index contributed by atoms with van der Waals surface area (Å²) < 4.78 is 0. The monoisotopic (exact) mass is 292 g/mol. The number of nitrogens with one attached hydrogen (secondary N) is 2. The number of rotatable bonds is 1. The maximum atomic E-state index is 12.0. The van der Waals surface area contributed by atoms with E-state index in [-0.39, 0.29) is 11.7 Å².